The normalized spacial score (nSPS) is 10.3. The molecule has 15 heavy (non-hydrogen) atoms. The summed E-state index contributed by atoms with van der Waals surface area (Å²) in [6.45, 7) is 1.26. The van der Waals surface area contributed by atoms with Crippen LogP contribution in [-0.2, 0) is 9.59 Å². The third kappa shape index (κ3) is 12.9. The first kappa shape index (κ1) is 16.4. The molecule has 1 unspecified atom stereocenters. The number of amides is 1. The van der Waals surface area contributed by atoms with Crippen molar-refractivity contribution in [3.05, 3.63) is 0 Å². The summed E-state index contributed by atoms with van der Waals surface area (Å²) in [5.41, 5.74) is 6.82. The van der Waals surface area contributed by atoms with E-state index in [-0.39, 0.29) is 16.8 Å². The highest BCUT2D eigenvalue weighted by Gasteiger charge is 2.15. The van der Waals surface area contributed by atoms with Crippen LogP contribution in [0.3, 0.4) is 0 Å². The summed E-state index contributed by atoms with van der Waals surface area (Å²) in [4.78, 5) is 20.5. The summed E-state index contributed by atoms with van der Waals surface area (Å²) < 4.78 is 0. The number of carboxylic acid groups (broad SMARTS) is 1. The first-order chi connectivity index (χ1) is 6.84. The van der Waals surface area contributed by atoms with E-state index in [1.54, 1.807) is 0 Å². The Kier molecular flexibility index (Phi) is 10.4. The molecule has 0 aromatic carbocycles. The van der Waals surface area contributed by atoms with E-state index in [0.29, 0.717) is 0 Å². The lowest BCUT2D eigenvalue weighted by atomic mass is 10.3. The van der Waals surface area contributed by atoms with Crippen LogP contribution in [0, 0.1) is 0 Å². The lowest BCUT2D eigenvalue weighted by Crippen LogP contribution is -2.40. The smallest absolute Gasteiger partial charge is 0.327 e. The molecule has 9 heteroatoms. The molecule has 0 aromatic heterocycles. The number of hydrazine groups is 1. The van der Waals surface area contributed by atoms with Crippen molar-refractivity contribution in [2.75, 3.05) is 5.75 Å². The zero-order chi connectivity index (χ0) is 12.4. The molecular formula is C6H14N4O3S2. The highest BCUT2D eigenvalue weighted by molar-refractivity contribution is 7.80. The van der Waals surface area contributed by atoms with Crippen LogP contribution in [0.25, 0.3) is 0 Å². The number of nitrogens with one attached hydrogen (secondary N) is 2. The third-order valence-electron chi connectivity index (χ3n) is 1.00. The molecule has 0 aliphatic carbocycles. The van der Waals surface area contributed by atoms with Crippen LogP contribution in [-0.4, -0.2) is 33.9 Å². The first-order valence-corrected chi connectivity index (χ1v) is 4.76. The van der Waals surface area contributed by atoms with E-state index >= 15 is 0 Å². The van der Waals surface area contributed by atoms with Gasteiger partial charge in [-0.1, -0.05) is 0 Å². The lowest BCUT2D eigenvalue weighted by molar-refractivity contribution is -0.140. The molecule has 7 nitrogen and oxygen atoms in total. The molecule has 0 spiro atoms. The monoisotopic (exact) mass is 254 g/mol. The molecule has 0 aromatic rings. The molecule has 0 saturated carbocycles. The Morgan fingerprint density at radius 3 is 2.07 bits per heavy atom. The number of thiol groups is 1. The van der Waals surface area contributed by atoms with Crippen molar-refractivity contribution in [1.29, 1.82) is 0 Å². The number of aliphatic carboxylic acids is 1. The van der Waals surface area contributed by atoms with Gasteiger partial charge >= 0.3 is 5.97 Å². The SMILES string of the molecule is CC(=O)NC(CS)C(=O)O.NNC(N)=S. The van der Waals surface area contributed by atoms with E-state index in [0.717, 1.165) is 0 Å². The Bertz CT molecular complexity index is 236. The molecule has 0 saturated heterocycles. The average Bonchev–Trinajstić information content (AvgIpc) is 2.14. The van der Waals surface area contributed by atoms with Gasteiger partial charge in [-0.2, -0.15) is 12.6 Å². The van der Waals surface area contributed by atoms with Crippen LogP contribution in [0.5, 0.6) is 0 Å². The summed E-state index contributed by atoms with van der Waals surface area (Å²) in [7, 11) is 0. The quantitative estimate of drug-likeness (QED) is 0.152. The molecule has 0 fully saturated rings. The summed E-state index contributed by atoms with van der Waals surface area (Å²) in [5, 5.41) is 10.7. The fourth-order valence-electron chi connectivity index (χ4n) is 0.431. The van der Waals surface area contributed by atoms with Gasteiger partial charge in [0.15, 0.2) is 5.11 Å². The van der Waals surface area contributed by atoms with E-state index in [4.69, 9.17) is 10.8 Å². The van der Waals surface area contributed by atoms with Gasteiger partial charge in [-0.15, -0.1) is 0 Å². The Labute approximate surface area is 98.0 Å². The first-order valence-electron chi connectivity index (χ1n) is 3.72. The Balaban J connectivity index is 0. The van der Waals surface area contributed by atoms with E-state index < -0.39 is 12.0 Å². The van der Waals surface area contributed by atoms with Crippen LogP contribution < -0.4 is 22.3 Å². The maximum Gasteiger partial charge on any atom is 0.327 e. The number of hydrogen-bond donors (Lipinski definition) is 6. The summed E-state index contributed by atoms with van der Waals surface area (Å²) in [6, 6.07) is -0.874. The van der Waals surface area contributed by atoms with Crippen molar-refractivity contribution in [3.8, 4) is 0 Å². The summed E-state index contributed by atoms with van der Waals surface area (Å²) in [5.74, 6) is 3.34. The minimum Gasteiger partial charge on any atom is -0.480 e. The number of hydrogen-bond acceptors (Lipinski definition) is 5. The van der Waals surface area contributed by atoms with Crippen LogP contribution in [0.4, 0.5) is 0 Å². The molecule has 7 N–H and O–H groups in total. The van der Waals surface area contributed by atoms with Gasteiger partial charge in [-0.25, -0.2) is 10.6 Å². The van der Waals surface area contributed by atoms with Crippen LogP contribution in [0.2, 0.25) is 0 Å². The molecule has 0 heterocycles. The third-order valence-corrected chi connectivity index (χ3v) is 1.48. The molecule has 88 valence electrons. The topological polar surface area (TPSA) is 130 Å². The van der Waals surface area contributed by atoms with E-state index in [2.05, 4.69) is 36.0 Å². The molecule has 1 atom stereocenters. The Hall–Kier alpha value is -1.06. The molecule has 0 aliphatic rings. The Morgan fingerprint density at radius 2 is 2.00 bits per heavy atom. The van der Waals surface area contributed by atoms with E-state index in [1.807, 2.05) is 5.43 Å². The van der Waals surface area contributed by atoms with Gasteiger partial charge in [0.1, 0.15) is 6.04 Å². The number of carbonyl (C=O) groups is 2. The van der Waals surface area contributed by atoms with Crippen LogP contribution in [0.1, 0.15) is 6.92 Å². The zero-order valence-electron chi connectivity index (χ0n) is 8.06. The number of rotatable bonds is 3. The number of carboxylic acids is 1. The number of carbonyl (C=O) groups excluding carboxylic acids is 1. The van der Waals surface area contributed by atoms with Gasteiger partial charge in [-0.05, 0) is 12.2 Å². The average molecular weight is 254 g/mol. The van der Waals surface area contributed by atoms with Crippen molar-refractivity contribution in [3.63, 3.8) is 0 Å². The van der Waals surface area contributed by atoms with Crippen molar-refractivity contribution in [2.45, 2.75) is 13.0 Å². The standard InChI is InChI=1S/C5H9NO3S.CH5N3S/c1-3(7)6-4(2-10)5(8)9;2-1(5)4-3/h4,10H,2H2,1H3,(H,6,7)(H,8,9);3H2,(H3,2,4,5). The zero-order valence-corrected chi connectivity index (χ0v) is 9.77. The molecule has 0 aliphatic heterocycles. The maximum absolute atomic E-state index is 10.3. The summed E-state index contributed by atoms with van der Waals surface area (Å²) >= 11 is 7.97. The van der Waals surface area contributed by atoms with E-state index in [9.17, 15) is 9.59 Å². The predicted molar refractivity (Wildman–Crippen MR) is 63.2 cm³/mol. The van der Waals surface area contributed by atoms with Crippen molar-refractivity contribution in [2.24, 2.45) is 11.6 Å². The minimum atomic E-state index is -1.06. The molecule has 0 bridgehead atoms. The predicted octanol–water partition coefficient (Wildman–Crippen LogP) is -1.80. The molecule has 0 rings (SSSR count). The highest BCUT2D eigenvalue weighted by Crippen LogP contribution is 1.86. The van der Waals surface area contributed by atoms with Gasteiger partial charge in [-0.3, -0.25) is 4.79 Å². The fraction of sp³-hybridized carbons (Fsp3) is 0.500. The van der Waals surface area contributed by atoms with E-state index in [1.165, 1.54) is 6.92 Å². The molecule has 0 radical (unpaired) electrons. The fourth-order valence-corrected chi connectivity index (χ4v) is 0.678. The highest BCUT2D eigenvalue weighted by atomic mass is 32.1. The number of thiocarbonyl (C=S) groups is 1. The van der Waals surface area contributed by atoms with Crippen molar-refractivity contribution in [1.82, 2.24) is 10.7 Å². The van der Waals surface area contributed by atoms with Gasteiger partial charge in [0, 0.05) is 12.7 Å². The summed E-state index contributed by atoms with van der Waals surface area (Å²) in [6.07, 6.45) is 0. The van der Waals surface area contributed by atoms with Crippen LogP contribution in [0.15, 0.2) is 0 Å². The number of nitrogens with two attached hydrogens (primary N) is 2. The van der Waals surface area contributed by atoms with Gasteiger partial charge in [0.25, 0.3) is 0 Å². The lowest BCUT2D eigenvalue weighted by Gasteiger charge is -2.08. The molecular weight excluding hydrogens is 240 g/mol. The largest absolute Gasteiger partial charge is 0.480 e. The van der Waals surface area contributed by atoms with Gasteiger partial charge in [0.05, 0.1) is 0 Å². The second kappa shape index (κ2) is 9.49. The molecule has 1 amide bonds. The maximum atomic E-state index is 10.3. The Morgan fingerprint density at radius 1 is 1.60 bits per heavy atom. The van der Waals surface area contributed by atoms with Gasteiger partial charge < -0.3 is 21.6 Å². The second-order valence-corrected chi connectivity index (χ2v) is 3.09. The second-order valence-electron chi connectivity index (χ2n) is 2.28. The van der Waals surface area contributed by atoms with Crippen LogP contribution >= 0.6 is 24.8 Å². The van der Waals surface area contributed by atoms with Crippen molar-refractivity contribution < 1.29 is 14.7 Å². The minimum absolute atomic E-state index is 0.106. The van der Waals surface area contributed by atoms with Crippen molar-refractivity contribution >= 4 is 41.8 Å². The van der Waals surface area contributed by atoms with Gasteiger partial charge in [0.2, 0.25) is 5.91 Å².